The molecule has 0 bridgehead atoms. The normalized spacial score (nSPS) is 11.4. The quantitative estimate of drug-likeness (QED) is 0.339. The van der Waals surface area contributed by atoms with Crippen molar-refractivity contribution in [3.05, 3.63) is 29.8 Å². The largest absolute Gasteiger partial charge is 0.486 e. The molecule has 0 spiro atoms. The Morgan fingerprint density at radius 3 is 2.24 bits per heavy atom. The van der Waals surface area contributed by atoms with Crippen molar-refractivity contribution in [2.75, 3.05) is 31.3 Å². The molecule has 0 aromatic heterocycles. The molecule has 0 unspecified atom stereocenters. The molecule has 142 valence electrons. The summed E-state index contributed by atoms with van der Waals surface area (Å²) in [7, 11) is 0. The van der Waals surface area contributed by atoms with E-state index in [4.69, 9.17) is 26.0 Å². The topological polar surface area (TPSA) is 39.7 Å². The number of allylic oxidation sites excluding steroid dienone is 1. The Morgan fingerprint density at radius 1 is 1.08 bits per heavy atom. The zero-order valence-corrected chi connectivity index (χ0v) is 16.5. The van der Waals surface area contributed by atoms with E-state index in [-0.39, 0.29) is 6.10 Å². The molecule has 0 amide bonds. The van der Waals surface area contributed by atoms with E-state index in [0.29, 0.717) is 13.2 Å². The third-order valence-electron chi connectivity index (χ3n) is 3.67. The van der Waals surface area contributed by atoms with Crippen LogP contribution in [0, 0.1) is 0 Å². The molecule has 25 heavy (non-hydrogen) atoms. The molecule has 1 aromatic rings. The van der Waals surface area contributed by atoms with E-state index in [0.717, 1.165) is 55.9 Å². The summed E-state index contributed by atoms with van der Waals surface area (Å²) in [5, 5.41) is 0. The van der Waals surface area contributed by atoms with Crippen LogP contribution >= 0.6 is 11.8 Å². The van der Waals surface area contributed by atoms with Gasteiger partial charge in [0.05, 0.1) is 18.9 Å². The second kappa shape index (κ2) is 14.0. The molecule has 4 nitrogen and oxygen atoms in total. The number of halogens is 1. The van der Waals surface area contributed by atoms with Crippen LogP contribution in [0.5, 0.6) is 5.75 Å². The van der Waals surface area contributed by atoms with Gasteiger partial charge in [0.25, 0.3) is 0 Å². The molecule has 0 fully saturated rings. The summed E-state index contributed by atoms with van der Waals surface area (Å²) < 4.78 is 17.5. The molecule has 0 atom stereocenters. The average Bonchev–Trinajstić information content (AvgIpc) is 2.63. The van der Waals surface area contributed by atoms with Crippen LogP contribution in [0.3, 0.4) is 0 Å². The van der Waals surface area contributed by atoms with Crippen LogP contribution in [-0.2, 0) is 9.47 Å². The van der Waals surface area contributed by atoms with Gasteiger partial charge in [0.15, 0.2) is 0 Å². The summed E-state index contributed by atoms with van der Waals surface area (Å²) in [5.74, 6) is 0.750. The number of hydrogen-bond acceptors (Lipinski definition) is 4. The van der Waals surface area contributed by atoms with Crippen molar-refractivity contribution in [2.24, 2.45) is 0 Å². The number of ether oxygens (including phenoxy) is 3. The Hall–Kier alpha value is -1.23. The number of hydrogen-bond donors (Lipinski definition) is 1. The molecular formula is C20H32ClNO3. The van der Waals surface area contributed by atoms with Crippen molar-refractivity contribution >= 4 is 23.5 Å². The molecule has 1 N–H and O–H groups in total. The van der Waals surface area contributed by atoms with E-state index in [9.17, 15) is 0 Å². The lowest BCUT2D eigenvalue weighted by molar-refractivity contribution is -0.00734. The Balaban J connectivity index is 2.66. The standard InChI is InChI=1S/C20H32ClNO3/c1-4-7-12-23-15-19(16-24-13-8-5-2)25-18-11-10-17(9-6-3)20(14-18)22-21/h6,9-11,14,19,22H,4-5,7-8,12-13,15-16H2,1-3H3/b9-6-. The molecule has 0 aliphatic carbocycles. The molecule has 0 aliphatic heterocycles. The third kappa shape index (κ3) is 9.15. The van der Waals surface area contributed by atoms with Gasteiger partial charge in [-0.25, -0.2) is 0 Å². The Kier molecular flexibility index (Phi) is 12.2. The lowest BCUT2D eigenvalue weighted by atomic mass is 10.1. The minimum absolute atomic E-state index is 0.135. The Labute approximate surface area is 157 Å². The maximum Gasteiger partial charge on any atom is 0.145 e. The first-order chi connectivity index (χ1) is 12.2. The Morgan fingerprint density at radius 2 is 1.72 bits per heavy atom. The monoisotopic (exact) mass is 369 g/mol. The van der Waals surface area contributed by atoms with Crippen LogP contribution in [-0.4, -0.2) is 32.5 Å². The van der Waals surface area contributed by atoms with E-state index >= 15 is 0 Å². The summed E-state index contributed by atoms with van der Waals surface area (Å²) in [6, 6.07) is 5.82. The highest BCUT2D eigenvalue weighted by Crippen LogP contribution is 2.25. The number of anilines is 1. The Bertz CT molecular complexity index is 482. The summed E-state index contributed by atoms with van der Waals surface area (Å²) in [6.07, 6.45) is 8.19. The lowest BCUT2D eigenvalue weighted by Gasteiger charge is -2.20. The molecule has 0 heterocycles. The van der Waals surface area contributed by atoms with Gasteiger partial charge in [-0.1, -0.05) is 38.8 Å². The predicted molar refractivity (Wildman–Crippen MR) is 106 cm³/mol. The second-order valence-electron chi connectivity index (χ2n) is 5.94. The van der Waals surface area contributed by atoms with Crippen molar-refractivity contribution in [2.45, 2.75) is 52.6 Å². The number of rotatable bonds is 14. The first-order valence-corrected chi connectivity index (χ1v) is 9.58. The van der Waals surface area contributed by atoms with Gasteiger partial charge in [-0.3, -0.25) is 4.84 Å². The van der Waals surface area contributed by atoms with Gasteiger partial charge >= 0.3 is 0 Å². The highest BCUT2D eigenvalue weighted by atomic mass is 35.5. The SMILES string of the molecule is C/C=C\c1ccc(OC(COCCCC)COCCCC)cc1NCl. The van der Waals surface area contributed by atoms with Gasteiger partial charge in [-0.05, 0) is 37.5 Å². The fourth-order valence-corrected chi connectivity index (χ4v) is 2.41. The van der Waals surface area contributed by atoms with Gasteiger partial charge in [-0.15, -0.1) is 0 Å². The van der Waals surface area contributed by atoms with Crippen molar-refractivity contribution in [1.29, 1.82) is 0 Å². The molecule has 0 saturated carbocycles. The fourth-order valence-electron chi connectivity index (χ4n) is 2.25. The first-order valence-electron chi connectivity index (χ1n) is 9.20. The molecule has 5 heteroatoms. The van der Waals surface area contributed by atoms with E-state index < -0.39 is 0 Å². The summed E-state index contributed by atoms with van der Waals surface area (Å²) in [4.78, 5) is 2.69. The minimum Gasteiger partial charge on any atom is -0.486 e. The van der Waals surface area contributed by atoms with E-state index in [1.54, 1.807) is 0 Å². The van der Waals surface area contributed by atoms with Crippen LogP contribution in [0.25, 0.3) is 6.08 Å². The fraction of sp³-hybridized carbons (Fsp3) is 0.600. The van der Waals surface area contributed by atoms with Gasteiger partial charge in [0, 0.05) is 31.1 Å². The van der Waals surface area contributed by atoms with Gasteiger partial charge in [0.1, 0.15) is 11.9 Å². The van der Waals surface area contributed by atoms with Crippen molar-refractivity contribution in [3.8, 4) is 5.75 Å². The van der Waals surface area contributed by atoms with Crippen LogP contribution in [0.4, 0.5) is 5.69 Å². The minimum atomic E-state index is -0.135. The summed E-state index contributed by atoms with van der Waals surface area (Å²) in [6.45, 7) is 8.81. The van der Waals surface area contributed by atoms with Crippen LogP contribution < -0.4 is 9.57 Å². The van der Waals surface area contributed by atoms with Crippen LogP contribution in [0.1, 0.15) is 52.0 Å². The number of unbranched alkanes of at least 4 members (excludes halogenated alkanes) is 2. The van der Waals surface area contributed by atoms with Crippen LogP contribution in [0.15, 0.2) is 24.3 Å². The molecule has 1 aromatic carbocycles. The van der Waals surface area contributed by atoms with Crippen molar-refractivity contribution in [3.63, 3.8) is 0 Å². The zero-order chi connectivity index (χ0) is 18.3. The predicted octanol–water partition coefficient (Wildman–Crippen LogP) is 5.67. The summed E-state index contributed by atoms with van der Waals surface area (Å²) in [5.41, 5.74) is 1.83. The maximum absolute atomic E-state index is 6.08. The molecule has 0 aliphatic rings. The number of benzene rings is 1. The first kappa shape index (κ1) is 21.8. The number of nitrogens with one attached hydrogen (secondary N) is 1. The van der Waals surface area contributed by atoms with Crippen molar-refractivity contribution < 1.29 is 14.2 Å². The van der Waals surface area contributed by atoms with Crippen molar-refractivity contribution in [1.82, 2.24) is 0 Å². The molecule has 0 radical (unpaired) electrons. The molecular weight excluding hydrogens is 338 g/mol. The third-order valence-corrected chi connectivity index (χ3v) is 3.87. The van der Waals surface area contributed by atoms with E-state index in [1.807, 2.05) is 37.3 Å². The highest BCUT2D eigenvalue weighted by Gasteiger charge is 2.13. The zero-order valence-electron chi connectivity index (χ0n) is 15.7. The second-order valence-corrected chi connectivity index (χ2v) is 6.13. The van der Waals surface area contributed by atoms with E-state index in [1.165, 1.54) is 0 Å². The van der Waals surface area contributed by atoms with Gasteiger partial charge < -0.3 is 14.2 Å². The molecule has 1 rings (SSSR count). The van der Waals surface area contributed by atoms with Gasteiger partial charge in [-0.2, -0.15) is 0 Å². The lowest BCUT2D eigenvalue weighted by Crippen LogP contribution is -2.29. The smallest absolute Gasteiger partial charge is 0.145 e. The van der Waals surface area contributed by atoms with Crippen LogP contribution in [0.2, 0.25) is 0 Å². The maximum atomic E-state index is 6.08. The highest BCUT2D eigenvalue weighted by molar-refractivity contribution is 6.24. The van der Waals surface area contributed by atoms with E-state index in [2.05, 4.69) is 18.7 Å². The van der Waals surface area contributed by atoms with Gasteiger partial charge in [0.2, 0.25) is 0 Å². The molecule has 0 saturated heterocycles. The summed E-state index contributed by atoms with van der Waals surface area (Å²) >= 11 is 5.82. The average molecular weight is 370 g/mol.